The number of hydrogen-bond acceptors (Lipinski definition) is 1. The average Bonchev–Trinajstić information content (AvgIpc) is 2.52. The van der Waals surface area contributed by atoms with Crippen LogP contribution in [0.25, 0.3) is 10.8 Å². The Morgan fingerprint density at radius 1 is 1.14 bits per heavy atom. The van der Waals surface area contributed by atoms with Crippen molar-refractivity contribution in [3.8, 4) is 0 Å². The van der Waals surface area contributed by atoms with Crippen LogP contribution < -0.4 is 5.32 Å². The molecule has 2 aromatic rings. The van der Waals surface area contributed by atoms with Gasteiger partial charge in [0, 0.05) is 27.0 Å². The number of hydrogen-bond donors (Lipinski definition) is 1. The third kappa shape index (κ3) is 0.836. The van der Waals surface area contributed by atoms with Crippen LogP contribution in [-0.4, -0.2) is 5.91 Å². The highest BCUT2D eigenvalue weighted by Crippen LogP contribution is 2.36. The van der Waals surface area contributed by atoms with Crippen molar-refractivity contribution >= 4 is 34.0 Å². The van der Waals surface area contributed by atoms with Crippen LogP contribution in [0.4, 0.5) is 5.69 Å². The molecule has 1 N–H and O–H groups in total. The van der Waals surface area contributed by atoms with Crippen LogP contribution in [-0.2, 0) is 0 Å². The lowest BCUT2D eigenvalue weighted by atomic mass is 10.1. The molecule has 1 amide bonds. The molecule has 1 aliphatic rings. The fourth-order valence-corrected chi connectivity index (χ4v) is 2.07. The fraction of sp³-hybridized carbons (Fsp3) is 0. The minimum atomic E-state index is -0.0483. The summed E-state index contributed by atoms with van der Waals surface area (Å²) >= 11 is 6.04. The van der Waals surface area contributed by atoms with Crippen molar-refractivity contribution in [3.63, 3.8) is 0 Å². The van der Waals surface area contributed by atoms with Crippen molar-refractivity contribution in [2.45, 2.75) is 0 Å². The summed E-state index contributed by atoms with van der Waals surface area (Å²) in [5, 5.41) is 5.35. The van der Waals surface area contributed by atoms with Gasteiger partial charge in [-0.1, -0.05) is 23.7 Å². The Bertz CT molecular complexity index is 562. The second-order valence-electron chi connectivity index (χ2n) is 3.28. The first kappa shape index (κ1) is 7.83. The van der Waals surface area contributed by atoms with Crippen molar-refractivity contribution in [1.29, 1.82) is 0 Å². The summed E-state index contributed by atoms with van der Waals surface area (Å²) in [5.74, 6) is -0.0483. The molecule has 0 unspecified atom stereocenters. The first-order valence-corrected chi connectivity index (χ1v) is 4.68. The number of anilines is 1. The van der Waals surface area contributed by atoms with E-state index in [1.807, 2.05) is 24.3 Å². The summed E-state index contributed by atoms with van der Waals surface area (Å²) < 4.78 is 0. The number of carbonyl (C=O) groups excluding carboxylic acids is 1. The molecule has 0 radical (unpaired) electrons. The van der Waals surface area contributed by atoms with Gasteiger partial charge in [-0.05, 0) is 18.2 Å². The Morgan fingerprint density at radius 2 is 2.00 bits per heavy atom. The van der Waals surface area contributed by atoms with Crippen molar-refractivity contribution in [3.05, 3.63) is 40.9 Å². The van der Waals surface area contributed by atoms with Gasteiger partial charge < -0.3 is 5.32 Å². The summed E-state index contributed by atoms with van der Waals surface area (Å²) in [6, 6.07) is 9.21. The van der Waals surface area contributed by atoms with Gasteiger partial charge >= 0.3 is 0 Å². The Morgan fingerprint density at radius 3 is 2.86 bits per heavy atom. The van der Waals surface area contributed by atoms with Crippen LogP contribution in [0.5, 0.6) is 0 Å². The topological polar surface area (TPSA) is 29.1 Å². The van der Waals surface area contributed by atoms with Gasteiger partial charge in [0.2, 0.25) is 0 Å². The van der Waals surface area contributed by atoms with E-state index in [2.05, 4.69) is 5.32 Å². The number of nitrogens with one attached hydrogen (secondary N) is 1. The van der Waals surface area contributed by atoms with Crippen LogP contribution in [0.1, 0.15) is 10.4 Å². The summed E-state index contributed by atoms with van der Waals surface area (Å²) in [4.78, 5) is 11.5. The van der Waals surface area contributed by atoms with Gasteiger partial charge in [-0.15, -0.1) is 0 Å². The maximum absolute atomic E-state index is 11.5. The van der Waals surface area contributed by atoms with Crippen LogP contribution in [0, 0.1) is 0 Å². The van der Waals surface area contributed by atoms with E-state index >= 15 is 0 Å². The molecule has 1 aliphatic heterocycles. The van der Waals surface area contributed by atoms with Gasteiger partial charge in [-0.25, -0.2) is 0 Å². The molecular formula is C11H6ClNO. The quantitative estimate of drug-likeness (QED) is 0.701. The van der Waals surface area contributed by atoms with Crippen LogP contribution in [0.15, 0.2) is 30.3 Å². The highest BCUT2D eigenvalue weighted by Gasteiger charge is 2.21. The van der Waals surface area contributed by atoms with Gasteiger partial charge in [0.15, 0.2) is 0 Å². The zero-order valence-corrected chi connectivity index (χ0v) is 7.93. The van der Waals surface area contributed by atoms with E-state index in [9.17, 15) is 4.79 Å². The lowest BCUT2D eigenvalue weighted by molar-refractivity contribution is 0.103. The molecule has 3 rings (SSSR count). The standard InChI is InChI=1S/C11H6ClNO/c12-8-4-5-9-10-6(8)2-1-3-7(10)11(14)13-9/h1-5H,(H,13,14). The smallest absolute Gasteiger partial charge is 0.256 e. The molecule has 0 aliphatic carbocycles. The van der Waals surface area contributed by atoms with Crippen LogP contribution >= 0.6 is 11.6 Å². The van der Waals surface area contributed by atoms with E-state index in [0.717, 1.165) is 16.5 Å². The maximum atomic E-state index is 11.5. The highest BCUT2D eigenvalue weighted by molar-refractivity contribution is 6.38. The zero-order chi connectivity index (χ0) is 9.71. The zero-order valence-electron chi connectivity index (χ0n) is 7.17. The predicted molar refractivity (Wildman–Crippen MR) is 56.9 cm³/mol. The largest absolute Gasteiger partial charge is 0.321 e. The lowest BCUT2D eigenvalue weighted by Gasteiger charge is -2.00. The number of carbonyl (C=O) groups is 1. The molecule has 2 nitrogen and oxygen atoms in total. The second-order valence-corrected chi connectivity index (χ2v) is 3.68. The number of benzene rings is 2. The Balaban J connectivity index is 2.58. The SMILES string of the molecule is O=C1Nc2ccc(Cl)c3cccc1c23. The Labute approximate surface area is 85.5 Å². The van der Waals surface area contributed by atoms with E-state index in [1.54, 1.807) is 6.07 Å². The highest BCUT2D eigenvalue weighted by atomic mass is 35.5. The van der Waals surface area contributed by atoms with E-state index in [1.165, 1.54) is 0 Å². The third-order valence-corrected chi connectivity index (χ3v) is 2.81. The summed E-state index contributed by atoms with van der Waals surface area (Å²) in [5.41, 5.74) is 1.56. The Hall–Kier alpha value is -1.54. The minimum Gasteiger partial charge on any atom is -0.321 e. The lowest BCUT2D eigenvalue weighted by Crippen LogP contribution is -2.03. The molecular weight excluding hydrogens is 198 g/mol. The van der Waals surface area contributed by atoms with Gasteiger partial charge in [-0.2, -0.15) is 0 Å². The molecule has 0 atom stereocenters. The van der Waals surface area contributed by atoms with Crippen molar-refractivity contribution in [2.24, 2.45) is 0 Å². The summed E-state index contributed by atoms with van der Waals surface area (Å²) in [6.45, 7) is 0. The van der Waals surface area contributed by atoms with Crippen LogP contribution in [0.3, 0.4) is 0 Å². The van der Waals surface area contributed by atoms with Gasteiger partial charge in [-0.3, -0.25) is 4.79 Å². The van der Waals surface area contributed by atoms with E-state index in [4.69, 9.17) is 11.6 Å². The molecule has 0 bridgehead atoms. The maximum Gasteiger partial charge on any atom is 0.256 e. The molecule has 1 heterocycles. The van der Waals surface area contributed by atoms with Gasteiger partial charge in [0.25, 0.3) is 5.91 Å². The summed E-state index contributed by atoms with van der Waals surface area (Å²) in [6.07, 6.45) is 0. The molecule has 14 heavy (non-hydrogen) atoms. The molecule has 3 heteroatoms. The molecule has 0 saturated carbocycles. The Kier molecular flexibility index (Phi) is 1.39. The average molecular weight is 204 g/mol. The summed E-state index contributed by atoms with van der Waals surface area (Å²) in [7, 11) is 0. The molecule has 0 saturated heterocycles. The monoisotopic (exact) mass is 203 g/mol. The minimum absolute atomic E-state index is 0.0483. The van der Waals surface area contributed by atoms with E-state index < -0.39 is 0 Å². The van der Waals surface area contributed by atoms with E-state index in [-0.39, 0.29) is 5.91 Å². The van der Waals surface area contributed by atoms with Crippen molar-refractivity contribution < 1.29 is 4.79 Å². The van der Waals surface area contributed by atoms with Gasteiger partial charge in [0.1, 0.15) is 0 Å². The number of rotatable bonds is 0. The van der Waals surface area contributed by atoms with Crippen molar-refractivity contribution in [2.75, 3.05) is 5.32 Å². The predicted octanol–water partition coefficient (Wildman–Crippen LogP) is 3.06. The first-order valence-electron chi connectivity index (χ1n) is 4.30. The molecule has 0 aromatic heterocycles. The van der Waals surface area contributed by atoms with E-state index in [0.29, 0.717) is 10.6 Å². The number of halogens is 1. The van der Waals surface area contributed by atoms with Gasteiger partial charge in [0.05, 0.1) is 0 Å². The fourth-order valence-electron chi connectivity index (χ4n) is 1.85. The van der Waals surface area contributed by atoms with Crippen molar-refractivity contribution in [1.82, 2.24) is 0 Å². The molecule has 0 fully saturated rings. The van der Waals surface area contributed by atoms with Crippen LogP contribution in [0.2, 0.25) is 5.02 Å². The normalized spacial score (nSPS) is 13.4. The molecule has 68 valence electrons. The second kappa shape index (κ2) is 2.49. The number of amides is 1. The molecule has 0 spiro atoms. The third-order valence-electron chi connectivity index (χ3n) is 2.48. The first-order chi connectivity index (χ1) is 6.77. The molecule has 2 aromatic carbocycles.